The van der Waals surface area contributed by atoms with Crippen molar-refractivity contribution in [2.45, 2.75) is 12.6 Å². The number of ether oxygens (including phenoxy) is 1. The van der Waals surface area contributed by atoms with Crippen molar-refractivity contribution in [3.63, 3.8) is 0 Å². The molecule has 0 aliphatic carbocycles. The molecular formula is C15H15NO4. The van der Waals surface area contributed by atoms with Gasteiger partial charge in [0.1, 0.15) is 12.4 Å². The number of fused-ring (bicyclic) bond motifs is 1. The lowest BCUT2D eigenvalue weighted by atomic mass is 10.1. The lowest BCUT2D eigenvalue weighted by Crippen LogP contribution is -2.22. The Labute approximate surface area is 116 Å². The average Bonchev–Trinajstić information content (AvgIpc) is 2.87. The molecule has 1 unspecified atom stereocenters. The van der Waals surface area contributed by atoms with Crippen molar-refractivity contribution < 1.29 is 20.1 Å². The topological polar surface area (TPSA) is 82.0 Å². The molecule has 1 aliphatic rings. The Kier molecular flexibility index (Phi) is 3.12. The lowest BCUT2D eigenvalue weighted by Gasteiger charge is -2.13. The van der Waals surface area contributed by atoms with E-state index >= 15 is 0 Å². The molecule has 0 aromatic heterocycles. The van der Waals surface area contributed by atoms with Crippen LogP contribution < -0.4 is 10.1 Å². The molecule has 0 saturated carbocycles. The fraction of sp³-hybridized carbons (Fsp3) is 0.200. The van der Waals surface area contributed by atoms with Crippen LogP contribution in [0, 0.1) is 0 Å². The van der Waals surface area contributed by atoms with Crippen LogP contribution in [0.3, 0.4) is 0 Å². The maximum atomic E-state index is 9.77. The zero-order chi connectivity index (χ0) is 14.1. The Morgan fingerprint density at radius 3 is 2.70 bits per heavy atom. The maximum Gasteiger partial charge on any atom is 0.200 e. The molecular weight excluding hydrogens is 258 g/mol. The van der Waals surface area contributed by atoms with Crippen LogP contribution in [0.25, 0.3) is 0 Å². The number of phenols is 3. The highest BCUT2D eigenvalue weighted by molar-refractivity contribution is 5.53. The summed E-state index contributed by atoms with van der Waals surface area (Å²) in [4.78, 5) is 0. The molecule has 5 nitrogen and oxygen atoms in total. The van der Waals surface area contributed by atoms with Gasteiger partial charge in [-0.1, -0.05) is 24.3 Å². The first-order valence-electron chi connectivity index (χ1n) is 6.34. The van der Waals surface area contributed by atoms with Crippen LogP contribution in [0.4, 0.5) is 0 Å². The average molecular weight is 273 g/mol. The first kappa shape index (κ1) is 12.6. The summed E-state index contributed by atoms with van der Waals surface area (Å²) < 4.78 is 5.56. The van der Waals surface area contributed by atoms with E-state index in [4.69, 9.17) is 4.74 Å². The Balaban J connectivity index is 1.74. The third-order valence-corrected chi connectivity index (χ3v) is 3.45. The molecule has 5 heteroatoms. The van der Waals surface area contributed by atoms with Gasteiger partial charge in [0.05, 0.1) is 6.04 Å². The third kappa shape index (κ3) is 2.12. The highest BCUT2D eigenvalue weighted by atomic mass is 16.5. The molecule has 2 aromatic rings. The number of phenolic OH excluding ortho intramolecular Hbond substituents is 3. The Hall–Kier alpha value is -2.40. The molecule has 4 N–H and O–H groups in total. The minimum absolute atomic E-state index is 0.0431. The molecule has 0 fully saturated rings. The molecule has 104 valence electrons. The van der Waals surface area contributed by atoms with Gasteiger partial charge in [-0.2, -0.15) is 0 Å². The van der Waals surface area contributed by atoms with Crippen LogP contribution in [0.1, 0.15) is 17.2 Å². The van der Waals surface area contributed by atoms with Crippen LogP contribution in [0.2, 0.25) is 0 Å². The zero-order valence-corrected chi connectivity index (χ0v) is 10.7. The van der Waals surface area contributed by atoms with E-state index < -0.39 is 5.75 Å². The summed E-state index contributed by atoms with van der Waals surface area (Å²) in [6, 6.07) is 10.7. The molecule has 3 rings (SSSR count). The van der Waals surface area contributed by atoms with Gasteiger partial charge in [-0.15, -0.1) is 0 Å². The summed E-state index contributed by atoms with van der Waals surface area (Å²) in [6.07, 6.45) is 0. The van der Waals surface area contributed by atoms with E-state index in [1.165, 1.54) is 6.07 Å². The monoisotopic (exact) mass is 273 g/mol. The summed E-state index contributed by atoms with van der Waals surface area (Å²) in [7, 11) is 0. The highest BCUT2D eigenvalue weighted by Crippen LogP contribution is 2.37. The van der Waals surface area contributed by atoms with Gasteiger partial charge in [0.15, 0.2) is 11.5 Å². The lowest BCUT2D eigenvalue weighted by molar-refractivity contribution is 0.309. The molecule has 2 aromatic carbocycles. The smallest absolute Gasteiger partial charge is 0.200 e. The largest absolute Gasteiger partial charge is 0.504 e. The number of para-hydroxylation sites is 1. The Morgan fingerprint density at radius 2 is 1.85 bits per heavy atom. The van der Waals surface area contributed by atoms with Crippen molar-refractivity contribution in [1.29, 1.82) is 0 Å². The second-order valence-electron chi connectivity index (χ2n) is 4.72. The van der Waals surface area contributed by atoms with Crippen LogP contribution in [0.15, 0.2) is 36.4 Å². The first-order valence-corrected chi connectivity index (χ1v) is 6.34. The standard InChI is InChI=1S/C15H15NO4/c17-12-6-5-9(14(18)15(12)19)7-16-11-8-20-13-4-2-1-3-10(11)13/h1-6,11,16-19H,7-8H2. The molecule has 0 spiro atoms. The van der Waals surface area contributed by atoms with E-state index in [-0.39, 0.29) is 17.5 Å². The number of hydrogen-bond donors (Lipinski definition) is 4. The molecule has 0 amide bonds. The molecule has 0 saturated heterocycles. The van der Waals surface area contributed by atoms with Crippen molar-refractivity contribution >= 4 is 0 Å². The van der Waals surface area contributed by atoms with Crippen LogP contribution >= 0.6 is 0 Å². The Bertz CT molecular complexity index is 642. The Morgan fingerprint density at radius 1 is 1.05 bits per heavy atom. The quantitative estimate of drug-likeness (QED) is 0.643. The van der Waals surface area contributed by atoms with Gasteiger partial charge in [-0.05, 0) is 12.1 Å². The van der Waals surface area contributed by atoms with Gasteiger partial charge in [0.2, 0.25) is 5.75 Å². The van der Waals surface area contributed by atoms with Crippen molar-refractivity contribution in [3.8, 4) is 23.0 Å². The van der Waals surface area contributed by atoms with Crippen molar-refractivity contribution in [2.24, 2.45) is 0 Å². The molecule has 20 heavy (non-hydrogen) atoms. The SMILES string of the molecule is Oc1ccc(CNC2COc3ccccc32)c(O)c1O. The number of aromatic hydroxyl groups is 3. The first-order chi connectivity index (χ1) is 9.66. The van der Waals surface area contributed by atoms with Gasteiger partial charge in [-0.25, -0.2) is 0 Å². The van der Waals surface area contributed by atoms with E-state index in [2.05, 4.69) is 5.32 Å². The minimum atomic E-state index is -0.493. The normalized spacial score (nSPS) is 16.7. The minimum Gasteiger partial charge on any atom is -0.504 e. The van der Waals surface area contributed by atoms with Crippen LogP contribution in [0.5, 0.6) is 23.0 Å². The summed E-state index contributed by atoms with van der Waals surface area (Å²) in [5.74, 6) is -0.263. The van der Waals surface area contributed by atoms with Gasteiger partial charge in [-0.3, -0.25) is 0 Å². The highest BCUT2D eigenvalue weighted by Gasteiger charge is 2.23. The van der Waals surface area contributed by atoms with Crippen molar-refractivity contribution in [1.82, 2.24) is 5.32 Å². The van der Waals surface area contributed by atoms with Crippen LogP contribution in [-0.2, 0) is 6.54 Å². The van der Waals surface area contributed by atoms with Crippen molar-refractivity contribution in [2.75, 3.05) is 6.61 Å². The zero-order valence-electron chi connectivity index (χ0n) is 10.7. The fourth-order valence-electron chi connectivity index (χ4n) is 2.32. The van der Waals surface area contributed by atoms with Crippen molar-refractivity contribution in [3.05, 3.63) is 47.5 Å². The van der Waals surface area contributed by atoms with E-state index in [0.717, 1.165) is 11.3 Å². The second kappa shape index (κ2) is 4.94. The number of benzene rings is 2. The second-order valence-corrected chi connectivity index (χ2v) is 4.72. The molecule has 1 aliphatic heterocycles. The van der Waals surface area contributed by atoms with Gasteiger partial charge >= 0.3 is 0 Å². The van der Waals surface area contributed by atoms with E-state index in [0.29, 0.717) is 18.7 Å². The number of rotatable bonds is 3. The predicted octanol–water partition coefficient (Wildman–Crippen LogP) is 2.03. The van der Waals surface area contributed by atoms with Crippen LogP contribution in [-0.4, -0.2) is 21.9 Å². The molecule has 0 radical (unpaired) electrons. The predicted molar refractivity (Wildman–Crippen MR) is 73.0 cm³/mol. The maximum absolute atomic E-state index is 9.77. The van der Waals surface area contributed by atoms with E-state index in [1.54, 1.807) is 6.07 Å². The molecule has 1 atom stereocenters. The summed E-state index contributed by atoms with van der Waals surface area (Å²) in [6.45, 7) is 0.895. The number of nitrogens with one attached hydrogen (secondary N) is 1. The summed E-state index contributed by atoms with van der Waals surface area (Å²) in [5.41, 5.74) is 1.60. The summed E-state index contributed by atoms with van der Waals surface area (Å²) in [5, 5.41) is 31.8. The third-order valence-electron chi connectivity index (χ3n) is 3.45. The number of hydrogen-bond acceptors (Lipinski definition) is 5. The summed E-state index contributed by atoms with van der Waals surface area (Å²) >= 11 is 0. The molecule has 0 bridgehead atoms. The van der Waals surface area contributed by atoms with Gasteiger partial charge in [0.25, 0.3) is 0 Å². The fourth-order valence-corrected chi connectivity index (χ4v) is 2.32. The molecule has 1 heterocycles. The van der Waals surface area contributed by atoms with E-state index in [1.807, 2.05) is 24.3 Å². The van der Waals surface area contributed by atoms with E-state index in [9.17, 15) is 15.3 Å². The van der Waals surface area contributed by atoms with Gasteiger partial charge in [0, 0.05) is 17.7 Å². The van der Waals surface area contributed by atoms with Gasteiger partial charge < -0.3 is 25.4 Å².